The molecule has 0 fully saturated rings. The predicted octanol–water partition coefficient (Wildman–Crippen LogP) is 32.4. The number of fused-ring (bicyclic) bond motifs is 19. The Labute approximate surface area is 908 Å². The summed E-state index contributed by atoms with van der Waals surface area (Å²) in [4.78, 5) is 9.96. The molecule has 0 radical (unpaired) electrons. The van der Waals surface area contributed by atoms with Gasteiger partial charge in [-0.15, -0.1) is 57.9 Å². The van der Waals surface area contributed by atoms with Gasteiger partial charge in [-0.2, -0.15) is 36.4 Å². The topological polar surface area (TPSA) is 76.3 Å². The van der Waals surface area contributed by atoms with E-state index in [2.05, 4.69) is 236 Å². The fraction of sp³-hybridized carbons (Fsp3) is 0.0597. The molecule has 0 amide bonds. The number of rotatable bonds is 12. The Morgan fingerprint density at radius 3 is 0.946 bits per heavy atom. The second kappa shape index (κ2) is 37.8. The first-order chi connectivity index (χ1) is 79.5. The van der Waals surface area contributed by atoms with Gasteiger partial charge in [0.1, 0.15) is 17.2 Å². The third kappa shape index (κ3) is 16.2. The van der Waals surface area contributed by atoms with Crippen LogP contribution in [-0.2, 0) is 53.0 Å². The Morgan fingerprint density at radius 1 is 0.259 bits per heavy atom. The van der Waals surface area contributed by atoms with Crippen molar-refractivity contribution < 1.29 is 83.1 Å². The van der Waals surface area contributed by atoms with Crippen molar-refractivity contribution in [3.63, 3.8) is 0 Å². The summed E-state index contributed by atoms with van der Waals surface area (Å²) in [6, 6.07) is 112. The normalized spacial score (nSPS) is 13.7. The number of imidazole rings is 2. The van der Waals surface area contributed by atoms with Crippen LogP contribution in [0.25, 0.3) is 232 Å². The summed E-state index contributed by atoms with van der Waals surface area (Å²) in [5, 5.41) is 11.5. The first-order valence-corrected chi connectivity index (χ1v) is 47.7. The Kier molecular flexibility index (Phi) is 18.6. The zero-order valence-corrected chi connectivity index (χ0v) is 84.4. The number of hydrogen-bond donors (Lipinski definition) is 0. The van der Waals surface area contributed by atoms with Crippen LogP contribution in [0.5, 0.6) is 0 Å². The fourth-order valence-electron chi connectivity index (χ4n) is 20.4. The van der Waals surface area contributed by atoms with E-state index >= 15 is 0 Å². The van der Waals surface area contributed by atoms with Crippen LogP contribution in [0.3, 0.4) is 0 Å². The van der Waals surface area contributed by atoms with Gasteiger partial charge in [-0.1, -0.05) is 420 Å². The van der Waals surface area contributed by atoms with E-state index < -0.39 is 121 Å². The standard InChI is InChI=1S/C70H49N5.C64H45N5O.2Pt/c1-70(2,3)49-41-42-71-68(43-49)75-63-34-17-15-30-59(63)61-40-38-51(45-67(61)75)74-62-33-16-14-29-58(62)56-27-12-10-25-54(56)55-26-11-13-28-57(55)60-39-37-50(44-66(60)74)72-46-73(65-36-19-18-35-64(65)72)69-52(47-21-6-4-7-22-47)31-20-32-53(69)48-23-8-5-9-24-48;1-64(2,3)45-37-38-65-62(39-45)69-54-27-12-10-23-50(54)51-36-34-47(41-59(51)69)68-57-30-15-17-32-61(57)70-60-31-16-11-24-53(60)52-35-33-46(40-58(52)68)66-42-67(56-29-14-13-28-55(56)66)63-48(43-19-6-4-7-20-43)25-18-26-49(63)44-21-8-5-9-22-44;;/h4-43H,1-3H3;4-39H,1-3H3;;/q2*-2;;/i4D,5D,6D,7D,8D,9D,21D,22D,23D,24D;4D,5D,6D,7D,8D,9D,19D,20D,21D,22D;;. The summed E-state index contributed by atoms with van der Waals surface area (Å²) in [5.74, 6) is 1.52. The second-order valence-electron chi connectivity index (χ2n) is 37.7. The van der Waals surface area contributed by atoms with Gasteiger partial charge in [-0.3, -0.25) is 9.13 Å². The van der Waals surface area contributed by atoms with E-state index in [1.54, 1.807) is 45.5 Å². The van der Waals surface area contributed by atoms with Crippen LogP contribution in [-0.4, -0.2) is 37.4 Å². The smallest absolute Gasteiger partial charge is 0.268 e. The number of aromatic nitrogens is 10. The van der Waals surface area contributed by atoms with E-state index in [0.29, 0.717) is 66.8 Å². The minimum atomic E-state index is -0.578. The summed E-state index contributed by atoms with van der Waals surface area (Å²) in [6.45, 7) is 13.1. The molecule has 0 aliphatic heterocycles. The molecule has 0 spiro atoms. The van der Waals surface area contributed by atoms with Gasteiger partial charge >= 0.3 is 0 Å². The van der Waals surface area contributed by atoms with Crippen LogP contribution < -0.4 is 9.13 Å². The van der Waals surface area contributed by atoms with Gasteiger partial charge in [-0.05, 0) is 171 Å². The van der Waals surface area contributed by atoms with Gasteiger partial charge in [0.05, 0.1) is 66.4 Å². The molecule has 8 aromatic heterocycles. The maximum atomic E-state index is 9.25. The van der Waals surface area contributed by atoms with E-state index in [9.17, 15) is 11.0 Å². The van der Waals surface area contributed by atoms with Crippen LogP contribution in [0.1, 0.15) is 80.1 Å². The van der Waals surface area contributed by atoms with Crippen LogP contribution >= 0.6 is 0 Å². The molecule has 147 heavy (non-hydrogen) atoms. The Hall–Kier alpha value is -17.2. The molecule has 13 heteroatoms. The Bertz CT molecular complexity index is 11100. The van der Waals surface area contributed by atoms with Crippen LogP contribution in [0.4, 0.5) is 0 Å². The van der Waals surface area contributed by atoms with Gasteiger partial charge in [0.25, 0.3) is 12.7 Å². The maximum Gasteiger partial charge on any atom is 0.268 e. The Morgan fingerprint density at radius 2 is 0.544 bits per heavy atom. The van der Waals surface area contributed by atoms with Gasteiger partial charge in [0.15, 0.2) is 5.58 Å². The van der Waals surface area contributed by atoms with Gasteiger partial charge < -0.3 is 31.8 Å². The Balaban J connectivity index is 0.000000171. The molecule has 0 N–H and O–H groups in total. The van der Waals surface area contributed by atoms with E-state index in [0.717, 1.165) is 121 Å². The SMILES string of the molecule is [2H]c1c([2H])c([2H])c(-c2cccc(-c3c([2H])c([2H])c([2H])c([2H])c3[2H])c2-[n+]2[c-]n(-c3[c-]c4c(cc3)c3ccccc3c3ccccc3c3ccccc3n4-c3[c-]c4c(cc3)c3ccccc3n4-c3cc(C(C)(C)C)ccn3)c3ccccc32)c([2H])c1[2H].[2H]c1c([2H])c([2H])c(-c2cccc(-c3c([2H])c([2H])c([2H])c([2H])c3[2H])c2-[n+]2[c-]n(-c3[c-]c4c(cc3)c3ccccc3oc3ccccc3n4-c3[c-]c4c(cc3)c3ccccc3n4-c3cc(C(C)(C)C)ccn3)c3ccccc32)c([2H])c1[2H].[Pt].[Pt]. The van der Waals surface area contributed by atoms with Gasteiger partial charge in [-0.25, -0.2) is 9.97 Å². The number of nitrogens with zero attached hydrogens (tertiary/aromatic N) is 10. The average molecular weight is 2270 g/mol. The zero-order valence-electron chi connectivity index (χ0n) is 99.8. The number of benzene rings is 19. The van der Waals surface area contributed by atoms with Crippen molar-refractivity contribution in [3.8, 4) is 90.3 Å². The quantitative estimate of drug-likeness (QED) is 0.0903. The number of pyridine rings is 2. The summed E-state index contributed by atoms with van der Waals surface area (Å²) in [5.41, 5.74) is 14.7. The zero-order chi connectivity index (χ0) is 115. The molecule has 0 aliphatic rings. The van der Waals surface area contributed by atoms with Crippen LogP contribution in [0.15, 0.2) is 465 Å². The third-order valence-corrected chi connectivity index (χ3v) is 27.1. The summed E-state index contributed by atoms with van der Waals surface area (Å²) < 4.78 is 200. The third-order valence-electron chi connectivity index (χ3n) is 27.1. The van der Waals surface area contributed by atoms with E-state index in [4.69, 9.17) is 30.8 Å². The molecule has 19 aromatic carbocycles. The van der Waals surface area contributed by atoms with Crippen LogP contribution in [0, 0.1) is 36.9 Å². The molecular weight excluding hydrogens is 2160 g/mol. The first kappa shape index (κ1) is 72.1. The molecule has 0 atom stereocenters. The molecule has 27 rings (SSSR count). The summed E-state index contributed by atoms with van der Waals surface area (Å²) in [7, 11) is 0. The van der Waals surface area contributed by atoms with Crippen LogP contribution in [0.2, 0.25) is 0 Å². The molecule has 27 aromatic rings. The molecule has 8 heterocycles. The molecule has 11 nitrogen and oxygen atoms in total. The predicted molar refractivity (Wildman–Crippen MR) is 595 cm³/mol. The van der Waals surface area contributed by atoms with Crippen molar-refractivity contribution in [2.75, 3.05) is 0 Å². The monoisotopic (exact) mass is 2270 g/mol. The van der Waals surface area contributed by atoms with E-state index in [1.165, 1.54) is 0 Å². The molecule has 0 unspecified atom stereocenters. The van der Waals surface area contributed by atoms with E-state index in [-0.39, 0.29) is 109 Å². The van der Waals surface area contributed by atoms with Crippen molar-refractivity contribution in [2.24, 2.45) is 0 Å². The fourth-order valence-corrected chi connectivity index (χ4v) is 20.4. The average Bonchev–Trinajstić information content (AvgIpc) is 1.69. The molecule has 0 saturated heterocycles. The summed E-state index contributed by atoms with van der Waals surface area (Å²) >= 11 is 0. The van der Waals surface area contributed by atoms with E-state index in [1.807, 2.05) is 173 Å². The van der Waals surface area contributed by atoms with Crippen molar-refractivity contribution in [2.45, 2.75) is 52.4 Å². The number of hydrogen-bond acceptors (Lipinski definition) is 3. The number of para-hydroxylation sites is 12. The maximum absolute atomic E-state index is 9.25. The molecule has 0 bridgehead atoms. The summed E-state index contributed by atoms with van der Waals surface area (Å²) in [6.07, 6.45) is 10.9. The second-order valence-corrected chi connectivity index (χ2v) is 37.7. The minimum Gasteiger partial charge on any atom is -0.456 e. The molecule has 710 valence electrons. The van der Waals surface area contributed by atoms with Crippen molar-refractivity contribution >= 4 is 142 Å². The molecule has 0 saturated carbocycles. The minimum absolute atomic E-state index is 0. The van der Waals surface area contributed by atoms with Crippen molar-refractivity contribution in [1.82, 2.24) is 37.4 Å². The molecule has 0 aliphatic carbocycles. The largest absolute Gasteiger partial charge is 0.456 e. The molecular formula is C134H94N10OPt2-4. The first-order valence-electron chi connectivity index (χ1n) is 57.7. The van der Waals surface area contributed by atoms with Gasteiger partial charge in [0, 0.05) is 76.5 Å². The van der Waals surface area contributed by atoms with Crippen molar-refractivity contribution in [1.29, 1.82) is 0 Å². The van der Waals surface area contributed by atoms with Crippen molar-refractivity contribution in [3.05, 3.63) is 509 Å². The van der Waals surface area contributed by atoms with Gasteiger partial charge in [0.2, 0.25) is 0 Å².